The Morgan fingerprint density at radius 1 is 1.10 bits per heavy atom. The summed E-state index contributed by atoms with van der Waals surface area (Å²) in [5, 5.41) is 2.99. The Balaban J connectivity index is 1.28. The minimum Gasteiger partial charge on any atom is -0.352 e. The Morgan fingerprint density at radius 3 is 2.41 bits per heavy atom. The molecule has 1 aliphatic carbocycles. The van der Waals surface area contributed by atoms with E-state index in [1.807, 2.05) is 12.1 Å². The summed E-state index contributed by atoms with van der Waals surface area (Å²) in [6.45, 7) is 6.64. The van der Waals surface area contributed by atoms with E-state index in [1.54, 1.807) is 6.20 Å². The van der Waals surface area contributed by atoms with E-state index >= 15 is 0 Å². The minimum absolute atomic E-state index is 0.0242. The molecular weight excluding hydrogens is 364 g/mol. The van der Waals surface area contributed by atoms with Crippen LogP contribution in [0.3, 0.4) is 0 Å². The van der Waals surface area contributed by atoms with Gasteiger partial charge in [0.05, 0.1) is 11.6 Å². The highest BCUT2D eigenvalue weighted by Gasteiger charge is 2.32. The van der Waals surface area contributed by atoms with Gasteiger partial charge in [-0.25, -0.2) is 0 Å². The van der Waals surface area contributed by atoms with Gasteiger partial charge in [0.1, 0.15) is 0 Å². The number of amides is 2. The van der Waals surface area contributed by atoms with Gasteiger partial charge in [0.25, 0.3) is 5.91 Å². The smallest absolute Gasteiger partial charge is 0.252 e. The standard InChI is InChI=1S/C23H34N4O2/c1-2-21(26-11-3-4-12-26)23(29)27-13-9-18(10-14-27)20-8-7-19(16-24-20)22(28)25-15-17-5-6-17/h7-8,16-18,21H,2-6,9-15H2,1H3,(H,25,28)/t21-/m0/s1. The van der Waals surface area contributed by atoms with Gasteiger partial charge in [-0.15, -0.1) is 0 Å². The fourth-order valence-corrected chi connectivity index (χ4v) is 4.69. The summed E-state index contributed by atoms with van der Waals surface area (Å²) in [4.78, 5) is 34.2. The quantitative estimate of drug-likeness (QED) is 0.767. The molecule has 1 saturated carbocycles. The van der Waals surface area contributed by atoms with Crippen molar-refractivity contribution in [2.24, 2.45) is 5.92 Å². The van der Waals surface area contributed by atoms with Crippen LogP contribution >= 0.6 is 0 Å². The number of likely N-dealkylation sites (tertiary alicyclic amines) is 2. The van der Waals surface area contributed by atoms with E-state index in [-0.39, 0.29) is 11.9 Å². The average molecular weight is 399 g/mol. The Morgan fingerprint density at radius 2 is 1.83 bits per heavy atom. The molecule has 0 spiro atoms. The Hall–Kier alpha value is -1.95. The van der Waals surface area contributed by atoms with Crippen LogP contribution in [-0.4, -0.2) is 65.4 Å². The second-order valence-electron chi connectivity index (χ2n) is 8.89. The van der Waals surface area contributed by atoms with Crippen molar-refractivity contribution in [3.63, 3.8) is 0 Å². The second kappa shape index (κ2) is 9.24. The first-order chi connectivity index (χ1) is 14.2. The second-order valence-corrected chi connectivity index (χ2v) is 8.89. The molecule has 4 rings (SSSR count). The summed E-state index contributed by atoms with van der Waals surface area (Å²) in [7, 11) is 0. The van der Waals surface area contributed by atoms with Gasteiger partial charge in [0.15, 0.2) is 0 Å². The number of carbonyl (C=O) groups excluding carboxylic acids is 2. The van der Waals surface area contributed by atoms with Gasteiger partial charge in [0, 0.05) is 37.4 Å². The van der Waals surface area contributed by atoms with Crippen LogP contribution in [-0.2, 0) is 4.79 Å². The zero-order chi connectivity index (χ0) is 20.2. The summed E-state index contributed by atoms with van der Waals surface area (Å²) in [5.41, 5.74) is 1.68. The fourth-order valence-electron chi connectivity index (χ4n) is 4.69. The number of hydrogen-bond acceptors (Lipinski definition) is 4. The van der Waals surface area contributed by atoms with Crippen molar-refractivity contribution in [2.75, 3.05) is 32.7 Å². The number of hydrogen-bond donors (Lipinski definition) is 1. The van der Waals surface area contributed by atoms with E-state index in [0.717, 1.165) is 57.7 Å². The lowest BCUT2D eigenvalue weighted by atomic mass is 9.92. The molecule has 3 fully saturated rings. The SMILES string of the molecule is CC[C@@H](C(=O)N1CCC(c2ccc(C(=O)NCC3CC3)cn2)CC1)N1CCCC1. The fraction of sp³-hybridized carbons (Fsp3) is 0.696. The number of rotatable bonds is 7. The van der Waals surface area contributed by atoms with Gasteiger partial charge in [-0.1, -0.05) is 6.92 Å². The van der Waals surface area contributed by atoms with Crippen molar-refractivity contribution in [2.45, 2.75) is 63.8 Å². The molecule has 2 amide bonds. The van der Waals surface area contributed by atoms with Crippen LogP contribution in [0.15, 0.2) is 18.3 Å². The molecule has 6 heteroatoms. The first-order valence-corrected chi connectivity index (χ1v) is 11.4. The average Bonchev–Trinajstić information content (AvgIpc) is 3.45. The van der Waals surface area contributed by atoms with Crippen molar-refractivity contribution < 1.29 is 9.59 Å². The molecule has 6 nitrogen and oxygen atoms in total. The lowest BCUT2D eigenvalue weighted by Crippen LogP contribution is -2.49. The van der Waals surface area contributed by atoms with E-state index in [9.17, 15) is 9.59 Å². The molecule has 1 atom stereocenters. The van der Waals surface area contributed by atoms with Gasteiger partial charge in [-0.2, -0.15) is 0 Å². The maximum atomic E-state index is 13.0. The van der Waals surface area contributed by atoms with Crippen molar-refractivity contribution in [1.82, 2.24) is 20.1 Å². The van der Waals surface area contributed by atoms with E-state index in [4.69, 9.17) is 0 Å². The van der Waals surface area contributed by atoms with E-state index < -0.39 is 0 Å². The number of carbonyl (C=O) groups is 2. The van der Waals surface area contributed by atoms with Crippen LogP contribution in [0.5, 0.6) is 0 Å². The van der Waals surface area contributed by atoms with Gasteiger partial charge < -0.3 is 10.2 Å². The normalized spacial score (nSPS) is 21.9. The zero-order valence-electron chi connectivity index (χ0n) is 17.6. The molecule has 2 aliphatic heterocycles. The third kappa shape index (κ3) is 4.97. The molecule has 2 saturated heterocycles. The summed E-state index contributed by atoms with van der Waals surface area (Å²) < 4.78 is 0. The molecule has 1 N–H and O–H groups in total. The molecule has 3 aliphatic rings. The van der Waals surface area contributed by atoms with Crippen LogP contribution in [0.1, 0.15) is 73.8 Å². The summed E-state index contributed by atoms with van der Waals surface area (Å²) in [5.74, 6) is 1.33. The molecule has 0 bridgehead atoms. The van der Waals surface area contributed by atoms with Crippen LogP contribution in [0.25, 0.3) is 0 Å². The Kier molecular flexibility index (Phi) is 6.48. The monoisotopic (exact) mass is 398 g/mol. The van der Waals surface area contributed by atoms with Crippen LogP contribution < -0.4 is 5.32 Å². The van der Waals surface area contributed by atoms with Crippen LogP contribution in [0.2, 0.25) is 0 Å². The molecule has 0 unspecified atom stereocenters. The first kappa shape index (κ1) is 20.3. The van der Waals surface area contributed by atoms with Crippen LogP contribution in [0, 0.1) is 5.92 Å². The molecule has 3 heterocycles. The largest absolute Gasteiger partial charge is 0.352 e. The first-order valence-electron chi connectivity index (χ1n) is 11.4. The molecule has 0 radical (unpaired) electrons. The Labute approximate surface area is 174 Å². The topological polar surface area (TPSA) is 65.5 Å². The number of aromatic nitrogens is 1. The van der Waals surface area contributed by atoms with Gasteiger partial charge in [-0.3, -0.25) is 19.5 Å². The van der Waals surface area contributed by atoms with Crippen molar-refractivity contribution in [1.29, 1.82) is 0 Å². The van der Waals surface area contributed by atoms with E-state index in [0.29, 0.717) is 23.3 Å². The summed E-state index contributed by atoms with van der Waals surface area (Å²) in [6, 6.07) is 3.94. The molecule has 29 heavy (non-hydrogen) atoms. The molecule has 1 aromatic rings. The van der Waals surface area contributed by atoms with Gasteiger partial charge >= 0.3 is 0 Å². The van der Waals surface area contributed by atoms with Crippen molar-refractivity contribution in [3.8, 4) is 0 Å². The lowest BCUT2D eigenvalue weighted by Gasteiger charge is -2.36. The predicted octanol–water partition coefficient (Wildman–Crippen LogP) is 2.80. The highest BCUT2D eigenvalue weighted by Crippen LogP contribution is 2.29. The van der Waals surface area contributed by atoms with Crippen LogP contribution in [0.4, 0.5) is 0 Å². The van der Waals surface area contributed by atoms with Gasteiger partial charge in [0.2, 0.25) is 5.91 Å². The van der Waals surface area contributed by atoms with Crippen molar-refractivity contribution in [3.05, 3.63) is 29.6 Å². The number of nitrogens with zero attached hydrogens (tertiary/aromatic N) is 3. The Bertz CT molecular complexity index is 702. The molecule has 158 valence electrons. The molecule has 0 aromatic carbocycles. The predicted molar refractivity (Wildman–Crippen MR) is 113 cm³/mol. The highest BCUT2D eigenvalue weighted by molar-refractivity contribution is 5.93. The molecule has 1 aromatic heterocycles. The highest BCUT2D eigenvalue weighted by atomic mass is 16.2. The zero-order valence-corrected chi connectivity index (χ0v) is 17.6. The summed E-state index contributed by atoms with van der Waals surface area (Å²) >= 11 is 0. The van der Waals surface area contributed by atoms with E-state index in [1.165, 1.54) is 25.7 Å². The number of nitrogens with one attached hydrogen (secondary N) is 1. The van der Waals surface area contributed by atoms with Gasteiger partial charge in [-0.05, 0) is 76.1 Å². The maximum Gasteiger partial charge on any atom is 0.252 e. The third-order valence-corrected chi connectivity index (χ3v) is 6.77. The number of pyridine rings is 1. The maximum absolute atomic E-state index is 13.0. The van der Waals surface area contributed by atoms with E-state index in [2.05, 4.69) is 27.0 Å². The lowest BCUT2D eigenvalue weighted by molar-refractivity contribution is -0.137. The minimum atomic E-state index is -0.0242. The summed E-state index contributed by atoms with van der Waals surface area (Å²) in [6.07, 6.45) is 9.38. The number of piperidine rings is 1. The third-order valence-electron chi connectivity index (χ3n) is 6.77. The van der Waals surface area contributed by atoms with Crippen molar-refractivity contribution >= 4 is 11.8 Å². The molecular formula is C23H34N4O2.